The number of thiophene rings is 1. The lowest BCUT2D eigenvalue weighted by molar-refractivity contribution is -0.131. The monoisotopic (exact) mass is 435 g/mol. The molecule has 2 aliphatic rings. The van der Waals surface area contributed by atoms with Crippen molar-refractivity contribution in [3.8, 4) is 0 Å². The fourth-order valence-electron chi connectivity index (χ4n) is 4.27. The van der Waals surface area contributed by atoms with E-state index in [1.807, 2.05) is 11.8 Å². The number of likely N-dealkylation sites (tertiary alicyclic amines) is 1. The molecule has 158 valence electrons. The summed E-state index contributed by atoms with van der Waals surface area (Å²) in [4.78, 5) is 35.3. The average Bonchev–Trinajstić information content (AvgIpc) is 3.12. The molecule has 1 aliphatic carbocycles. The Morgan fingerprint density at radius 1 is 1.21 bits per heavy atom. The Kier molecular flexibility index (Phi) is 6.61. The van der Waals surface area contributed by atoms with Crippen molar-refractivity contribution in [2.45, 2.75) is 68.8 Å². The molecular formula is C21H29N3O3S2. The van der Waals surface area contributed by atoms with Crippen molar-refractivity contribution >= 4 is 39.2 Å². The van der Waals surface area contributed by atoms with Gasteiger partial charge in [0.1, 0.15) is 4.83 Å². The zero-order valence-electron chi connectivity index (χ0n) is 17.2. The number of ether oxygens (including phenoxy) is 1. The van der Waals surface area contributed by atoms with Gasteiger partial charge in [0.2, 0.25) is 5.91 Å². The molecule has 8 heteroatoms. The number of thioether (sulfide) groups is 1. The van der Waals surface area contributed by atoms with Gasteiger partial charge >= 0.3 is 0 Å². The van der Waals surface area contributed by atoms with E-state index in [-0.39, 0.29) is 16.7 Å². The van der Waals surface area contributed by atoms with Gasteiger partial charge in [0, 0.05) is 25.1 Å². The van der Waals surface area contributed by atoms with Gasteiger partial charge in [-0.1, -0.05) is 11.8 Å². The SMILES string of the molecule is COCCn1c(SC(C)C(=O)N2CCCCC2)nc2sc3c(c2c1=O)CCCC3. The number of hydrogen-bond acceptors (Lipinski definition) is 6. The van der Waals surface area contributed by atoms with Crippen LogP contribution in [0.25, 0.3) is 10.2 Å². The number of hydrogen-bond donors (Lipinski definition) is 0. The molecule has 1 saturated heterocycles. The Bertz CT molecular complexity index is 947. The van der Waals surface area contributed by atoms with Gasteiger partial charge in [0.25, 0.3) is 5.56 Å². The smallest absolute Gasteiger partial charge is 0.263 e. The maximum absolute atomic E-state index is 13.4. The van der Waals surface area contributed by atoms with Crippen LogP contribution in [0.3, 0.4) is 0 Å². The number of nitrogens with zero attached hydrogens (tertiary/aromatic N) is 3. The largest absolute Gasteiger partial charge is 0.383 e. The molecule has 2 aromatic rings. The summed E-state index contributed by atoms with van der Waals surface area (Å²) < 4.78 is 6.96. The van der Waals surface area contributed by atoms with E-state index in [0.29, 0.717) is 18.3 Å². The molecule has 0 saturated carbocycles. The number of carbonyl (C=O) groups is 1. The topological polar surface area (TPSA) is 64.4 Å². The van der Waals surface area contributed by atoms with Crippen LogP contribution in [-0.4, -0.2) is 52.4 Å². The van der Waals surface area contributed by atoms with Gasteiger partial charge in [0.05, 0.1) is 23.8 Å². The molecule has 0 bridgehead atoms. The van der Waals surface area contributed by atoms with Crippen LogP contribution in [0.15, 0.2) is 9.95 Å². The predicted octanol–water partition coefficient (Wildman–Crippen LogP) is 3.48. The lowest BCUT2D eigenvalue weighted by Gasteiger charge is -2.29. The molecule has 2 aromatic heterocycles. The van der Waals surface area contributed by atoms with Crippen LogP contribution >= 0.6 is 23.1 Å². The maximum Gasteiger partial charge on any atom is 0.263 e. The Hall–Kier alpha value is -1.38. The summed E-state index contributed by atoms with van der Waals surface area (Å²) in [6.45, 7) is 4.50. The van der Waals surface area contributed by atoms with E-state index in [9.17, 15) is 9.59 Å². The van der Waals surface area contributed by atoms with Crippen LogP contribution < -0.4 is 5.56 Å². The average molecular weight is 436 g/mol. The molecule has 3 heterocycles. The molecule has 0 aromatic carbocycles. The second-order valence-electron chi connectivity index (χ2n) is 7.88. The van der Waals surface area contributed by atoms with Crippen molar-refractivity contribution in [3.63, 3.8) is 0 Å². The summed E-state index contributed by atoms with van der Waals surface area (Å²) in [7, 11) is 1.64. The first-order chi connectivity index (χ1) is 14.1. The van der Waals surface area contributed by atoms with Crippen LogP contribution in [0.5, 0.6) is 0 Å². The number of piperidine rings is 1. The lowest BCUT2D eigenvalue weighted by atomic mass is 9.97. The number of rotatable bonds is 6. The van der Waals surface area contributed by atoms with Crippen LogP contribution in [0, 0.1) is 0 Å². The van der Waals surface area contributed by atoms with E-state index < -0.39 is 0 Å². The zero-order valence-corrected chi connectivity index (χ0v) is 18.9. The molecule has 1 atom stereocenters. The molecule has 1 aliphatic heterocycles. The second kappa shape index (κ2) is 9.18. The maximum atomic E-state index is 13.4. The molecule has 1 amide bonds. The minimum absolute atomic E-state index is 0.0200. The van der Waals surface area contributed by atoms with Crippen molar-refractivity contribution in [1.82, 2.24) is 14.5 Å². The molecular weight excluding hydrogens is 406 g/mol. The lowest BCUT2D eigenvalue weighted by Crippen LogP contribution is -2.40. The Labute approximate surface area is 179 Å². The Morgan fingerprint density at radius 3 is 2.72 bits per heavy atom. The minimum Gasteiger partial charge on any atom is -0.383 e. The molecule has 0 radical (unpaired) electrons. The van der Waals surface area contributed by atoms with E-state index in [0.717, 1.165) is 55.4 Å². The highest BCUT2D eigenvalue weighted by molar-refractivity contribution is 8.00. The first kappa shape index (κ1) is 20.9. The van der Waals surface area contributed by atoms with Gasteiger partial charge in [-0.25, -0.2) is 4.98 Å². The van der Waals surface area contributed by atoms with E-state index in [1.54, 1.807) is 23.0 Å². The summed E-state index contributed by atoms with van der Waals surface area (Å²) in [5, 5.41) is 1.16. The van der Waals surface area contributed by atoms with E-state index in [1.165, 1.54) is 35.0 Å². The quantitative estimate of drug-likeness (QED) is 0.513. The molecule has 4 rings (SSSR count). The van der Waals surface area contributed by atoms with Crippen molar-refractivity contribution in [3.05, 3.63) is 20.8 Å². The van der Waals surface area contributed by atoms with Crippen LogP contribution in [0.2, 0.25) is 0 Å². The standard InChI is InChI=1S/C21H29N3O3S2/c1-14(19(25)23-10-6-3-7-11-23)28-21-22-18-17(20(26)24(21)12-13-27-2)15-8-4-5-9-16(15)29-18/h14H,3-13H2,1-2H3. The van der Waals surface area contributed by atoms with Gasteiger partial charge in [-0.2, -0.15) is 0 Å². The molecule has 6 nitrogen and oxygen atoms in total. The fourth-order valence-corrected chi connectivity index (χ4v) is 6.59. The van der Waals surface area contributed by atoms with Gasteiger partial charge in [-0.15, -0.1) is 11.3 Å². The summed E-state index contributed by atoms with van der Waals surface area (Å²) >= 11 is 3.07. The highest BCUT2D eigenvalue weighted by Gasteiger charge is 2.27. The first-order valence-corrected chi connectivity index (χ1v) is 12.3. The molecule has 29 heavy (non-hydrogen) atoms. The third kappa shape index (κ3) is 4.25. The number of aryl methyl sites for hydroxylation is 2. The summed E-state index contributed by atoms with van der Waals surface area (Å²) in [5.41, 5.74) is 1.22. The van der Waals surface area contributed by atoms with Gasteiger partial charge < -0.3 is 9.64 Å². The third-order valence-corrected chi connectivity index (χ3v) is 8.12. The number of aromatic nitrogens is 2. The Morgan fingerprint density at radius 2 is 1.97 bits per heavy atom. The number of methoxy groups -OCH3 is 1. The predicted molar refractivity (Wildman–Crippen MR) is 118 cm³/mol. The highest BCUT2D eigenvalue weighted by atomic mass is 32.2. The van der Waals surface area contributed by atoms with Gasteiger partial charge in [-0.3, -0.25) is 14.2 Å². The van der Waals surface area contributed by atoms with Crippen LogP contribution in [-0.2, 0) is 28.9 Å². The normalized spacial score (nSPS) is 18.1. The molecule has 0 spiro atoms. The van der Waals surface area contributed by atoms with Crippen LogP contribution in [0.4, 0.5) is 0 Å². The summed E-state index contributed by atoms with van der Waals surface area (Å²) in [6.07, 6.45) is 7.67. The number of fused-ring (bicyclic) bond motifs is 3. The van der Waals surface area contributed by atoms with Crippen molar-refractivity contribution in [2.24, 2.45) is 0 Å². The van der Waals surface area contributed by atoms with Gasteiger partial charge in [0.15, 0.2) is 5.16 Å². The minimum atomic E-state index is -0.263. The number of amides is 1. The van der Waals surface area contributed by atoms with E-state index in [2.05, 4.69) is 0 Å². The van der Waals surface area contributed by atoms with Gasteiger partial charge in [-0.05, 0) is 57.4 Å². The van der Waals surface area contributed by atoms with Crippen molar-refractivity contribution in [2.75, 3.05) is 26.8 Å². The van der Waals surface area contributed by atoms with Crippen molar-refractivity contribution < 1.29 is 9.53 Å². The van der Waals surface area contributed by atoms with Crippen LogP contribution in [0.1, 0.15) is 49.5 Å². The van der Waals surface area contributed by atoms with Crippen molar-refractivity contribution in [1.29, 1.82) is 0 Å². The van der Waals surface area contributed by atoms with E-state index >= 15 is 0 Å². The second-order valence-corrected chi connectivity index (χ2v) is 10.3. The first-order valence-electron chi connectivity index (χ1n) is 10.6. The molecule has 1 unspecified atom stereocenters. The number of carbonyl (C=O) groups excluding carboxylic acids is 1. The third-order valence-electron chi connectivity index (χ3n) is 5.86. The summed E-state index contributed by atoms with van der Waals surface area (Å²) in [5.74, 6) is 0.146. The zero-order chi connectivity index (χ0) is 20.4. The van der Waals surface area contributed by atoms with E-state index in [4.69, 9.17) is 9.72 Å². The molecule has 1 fully saturated rings. The highest BCUT2D eigenvalue weighted by Crippen LogP contribution is 2.35. The molecule has 0 N–H and O–H groups in total. The Balaban J connectivity index is 1.68. The summed E-state index contributed by atoms with van der Waals surface area (Å²) in [6, 6.07) is 0. The fraction of sp³-hybridized carbons (Fsp3) is 0.667.